The minimum absolute atomic E-state index is 0.0103. The lowest BCUT2D eigenvalue weighted by molar-refractivity contribution is 0.0761. The van der Waals surface area contributed by atoms with Crippen LogP contribution in [0.15, 0.2) is 51.8 Å². The third kappa shape index (κ3) is 3.59. The number of hydrogen-bond donors (Lipinski definition) is 1. The molecule has 11 heteroatoms. The maximum absolute atomic E-state index is 13.7. The molecule has 2 atom stereocenters. The zero-order valence-electron chi connectivity index (χ0n) is 16.5. The molecule has 1 aliphatic heterocycles. The molecule has 1 aliphatic carbocycles. The Morgan fingerprint density at radius 2 is 1.91 bits per heavy atom. The number of aliphatic hydroxyl groups is 1. The molecule has 2 aromatic carbocycles. The summed E-state index contributed by atoms with van der Waals surface area (Å²) in [7, 11) is -4.01. The monoisotopic (exact) mass is 465 g/mol. The lowest BCUT2D eigenvalue weighted by Crippen LogP contribution is -2.41. The number of halogens is 3. The third-order valence-corrected chi connectivity index (χ3v) is 7.73. The molecule has 3 aromatic rings. The zero-order valence-corrected chi connectivity index (χ0v) is 17.3. The highest BCUT2D eigenvalue weighted by Gasteiger charge is 2.48. The van der Waals surface area contributed by atoms with Gasteiger partial charge >= 0.3 is 6.43 Å². The molecule has 2 aliphatic rings. The number of aliphatic hydroxyl groups excluding tert-OH is 1. The summed E-state index contributed by atoms with van der Waals surface area (Å²) in [4.78, 5) is -0.0103. The number of rotatable bonds is 6. The van der Waals surface area contributed by atoms with E-state index in [0.717, 1.165) is 12.8 Å². The lowest BCUT2D eigenvalue weighted by atomic mass is 9.98. The van der Waals surface area contributed by atoms with E-state index in [9.17, 15) is 26.7 Å². The molecule has 5 rings (SSSR count). The van der Waals surface area contributed by atoms with Gasteiger partial charge in [0.05, 0.1) is 17.0 Å². The number of hydrogen-bond acceptors (Lipinski definition) is 6. The molecule has 2 heterocycles. The summed E-state index contributed by atoms with van der Waals surface area (Å²) in [6.07, 6.45) is -2.63. The Kier molecular flexibility index (Phi) is 5.06. The summed E-state index contributed by atoms with van der Waals surface area (Å²) in [6.45, 7) is 0.0393. The van der Waals surface area contributed by atoms with Crippen molar-refractivity contribution in [1.82, 2.24) is 14.5 Å². The van der Waals surface area contributed by atoms with Gasteiger partial charge in [-0.2, -0.15) is 13.1 Å². The third-order valence-electron chi connectivity index (χ3n) is 5.81. The second kappa shape index (κ2) is 7.68. The smallest absolute Gasteiger partial charge is 0.314 e. The average Bonchev–Trinajstić information content (AvgIpc) is 3.39. The van der Waals surface area contributed by atoms with Crippen LogP contribution in [0.5, 0.6) is 0 Å². The molecule has 1 N–H and O–H groups in total. The molecule has 0 bridgehead atoms. The fraction of sp³-hybridized carbons (Fsp3) is 0.333. The number of alkyl halides is 2. The summed E-state index contributed by atoms with van der Waals surface area (Å²) in [6, 6.07) is 9.12. The molecule has 32 heavy (non-hydrogen) atoms. The van der Waals surface area contributed by atoms with E-state index >= 15 is 0 Å². The SMILES string of the molecule is O=S1(=O)c2cc(-c3nnc(C(F)F)o3)ccc2CN1C(C1CC1)[C@@H](O)c1cccc(F)c1. The zero-order chi connectivity index (χ0) is 22.6. The van der Waals surface area contributed by atoms with Crippen molar-refractivity contribution < 1.29 is 31.1 Å². The van der Waals surface area contributed by atoms with E-state index in [1.54, 1.807) is 12.1 Å². The molecular formula is C21H18F3N3O4S. The molecule has 7 nitrogen and oxygen atoms in total. The highest BCUT2D eigenvalue weighted by molar-refractivity contribution is 7.89. The Morgan fingerprint density at radius 1 is 1.12 bits per heavy atom. The molecule has 1 saturated carbocycles. The molecule has 1 fully saturated rings. The second-order valence-corrected chi connectivity index (χ2v) is 9.81. The van der Waals surface area contributed by atoms with Crippen LogP contribution >= 0.6 is 0 Å². The normalized spacial score (nSPS) is 19.8. The summed E-state index contributed by atoms with van der Waals surface area (Å²) >= 11 is 0. The van der Waals surface area contributed by atoms with Gasteiger partial charge < -0.3 is 9.52 Å². The van der Waals surface area contributed by atoms with Crippen LogP contribution in [0.4, 0.5) is 13.2 Å². The number of benzene rings is 2. The number of aromatic nitrogens is 2. The molecule has 1 unspecified atom stereocenters. The maximum Gasteiger partial charge on any atom is 0.314 e. The first-order valence-electron chi connectivity index (χ1n) is 9.96. The van der Waals surface area contributed by atoms with Gasteiger partial charge in [-0.3, -0.25) is 0 Å². The van der Waals surface area contributed by atoms with E-state index in [1.165, 1.54) is 34.6 Å². The van der Waals surface area contributed by atoms with Crippen molar-refractivity contribution in [3.05, 3.63) is 65.3 Å². The first-order chi connectivity index (χ1) is 15.3. The van der Waals surface area contributed by atoms with Gasteiger partial charge in [-0.15, -0.1) is 10.2 Å². The summed E-state index contributed by atoms with van der Waals surface area (Å²) in [5, 5.41) is 17.8. The van der Waals surface area contributed by atoms with Crippen molar-refractivity contribution >= 4 is 10.0 Å². The highest BCUT2D eigenvalue weighted by Crippen LogP contribution is 2.46. The predicted octanol–water partition coefficient (Wildman–Crippen LogP) is 3.83. The van der Waals surface area contributed by atoms with Gasteiger partial charge in [0.25, 0.3) is 5.89 Å². The van der Waals surface area contributed by atoms with Crippen molar-refractivity contribution in [2.75, 3.05) is 0 Å². The Balaban J connectivity index is 1.50. The van der Waals surface area contributed by atoms with E-state index in [1.807, 2.05) is 0 Å². The van der Waals surface area contributed by atoms with Crippen molar-refractivity contribution in [2.24, 2.45) is 5.92 Å². The highest BCUT2D eigenvalue weighted by atomic mass is 32.2. The van der Waals surface area contributed by atoms with Crippen molar-refractivity contribution in [3.8, 4) is 11.5 Å². The van der Waals surface area contributed by atoms with E-state index < -0.39 is 40.3 Å². The van der Waals surface area contributed by atoms with Gasteiger partial charge in [-0.25, -0.2) is 12.8 Å². The molecule has 0 spiro atoms. The molecule has 168 valence electrons. The fourth-order valence-corrected chi connectivity index (χ4v) is 6.03. The first-order valence-corrected chi connectivity index (χ1v) is 11.4. The van der Waals surface area contributed by atoms with Gasteiger partial charge in [0.15, 0.2) is 0 Å². The van der Waals surface area contributed by atoms with Gasteiger partial charge in [0, 0.05) is 12.1 Å². The topological polar surface area (TPSA) is 96.5 Å². The quantitative estimate of drug-likeness (QED) is 0.595. The predicted molar refractivity (Wildman–Crippen MR) is 105 cm³/mol. The Morgan fingerprint density at radius 3 is 2.56 bits per heavy atom. The van der Waals surface area contributed by atoms with E-state index in [-0.39, 0.29) is 28.8 Å². The largest absolute Gasteiger partial charge is 0.415 e. The standard InChI is InChI=1S/C21H18F3N3O4S/c22-15-3-1-2-12(8-15)18(28)17(11-4-5-11)27-10-14-7-6-13(9-16(14)32(27,29)30)20-25-26-21(31-20)19(23)24/h1-3,6-9,11,17-19,28H,4-5,10H2/t17?,18-/m0/s1. The van der Waals surface area contributed by atoms with Crippen molar-refractivity contribution in [3.63, 3.8) is 0 Å². The number of sulfonamides is 1. The number of fused-ring (bicyclic) bond motifs is 1. The Bertz CT molecular complexity index is 1280. The average molecular weight is 465 g/mol. The van der Waals surface area contributed by atoms with Gasteiger partial charge in [0.1, 0.15) is 5.82 Å². The first kappa shape index (κ1) is 21.1. The van der Waals surface area contributed by atoms with E-state index in [4.69, 9.17) is 4.42 Å². The summed E-state index contributed by atoms with van der Waals surface area (Å²) in [5.41, 5.74) is 1.00. The van der Waals surface area contributed by atoms with Crippen LogP contribution in [0.2, 0.25) is 0 Å². The Labute approximate surface area is 181 Å². The van der Waals surface area contributed by atoms with Crippen LogP contribution < -0.4 is 0 Å². The van der Waals surface area contributed by atoms with Crippen molar-refractivity contribution in [1.29, 1.82) is 0 Å². The van der Waals surface area contributed by atoms with Crippen LogP contribution in [0, 0.1) is 11.7 Å². The van der Waals surface area contributed by atoms with Crippen LogP contribution in [-0.2, 0) is 16.6 Å². The van der Waals surface area contributed by atoms with Gasteiger partial charge in [-0.05, 0) is 54.2 Å². The lowest BCUT2D eigenvalue weighted by Gasteiger charge is -2.31. The minimum atomic E-state index is -4.01. The van der Waals surface area contributed by atoms with Crippen molar-refractivity contribution in [2.45, 2.75) is 42.9 Å². The summed E-state index contributed by atoms with van der Waals surface area (Å²) < 4.78 is 72.2. The summed E-state index contributed by atoms with van der Waals surface area (Å²) in [5.74, 6) is -1.63. The van der Waals surface area contributed by atoms with Crippen LogP contribution in [0.3, 0.4) is 0 Å². The molecule has 0 radical (unpaired) electrons. The maximum atomic E-state index is 13.7. The minimum Gasteiger partial charge on any atom is -0.415 e. The van der Waals surface area contributed by atoms with Gasteiger partial charge in [-0.1, -0.05) is 18.2 Å². The van der Waals surface area contributed by atoms with Crippen LogP contribution in [0.1, 0.15) is 42.4 Å². The number of nitrogens with zero attached hydrogens (tertiary/aromatic N) is 3. The molecule has 0 amide bonds. The molecule has 1 aromatic heterocycles. The van der Waals surface area contributed by atoms with E-state index in [0.29, 0.717) is 11.1 Å². The Hall–Kier alpha value is -2.76. The van der Waals surface area contributed by atoms with Crippen LogP contribution in [0.25, 0.3) is 11.5 Å². The fourth-order valence-electron chi connectivity index (χ4n) is 4.12. The molecule has 0 saturated heterocycles. The van der Waals surface area contributed by atoms with E-state index in [2.05, 4.69) is 10.2 Å². The molecular weight excluding hydrogens is 447 g/mol. The second-order valence-electron chi connectivity index (χ2n) is 7.95. The van der Waals surface area contributed by atoms with Gasteiger partial charge in [0.2, 0.25) is 15.9 Å². The van der Waals surface area contributed by atoms with Crippen LogP contribution in [-0.4, -0.2) is 34.1 Å².